The van der Waals surface area contributed by atoms with Gasteiger partial charge in [0, 0.05) is 6.42 Å². The number of esters is 2. The summed E-state index contributed by atoms with van der Waals surface area (Å²) in [6.07, 6.45) is 21.3. The molecule has 0 atom stereocenters. The van der Waals surface area contributed by atoms with Crippen molar-refractivity contribution in [3.63, 3.8) is 0 Å². The molecule has 0 aromatic rings. The molecule has 0 aliphatic rings. The molecule has 0 spiro atoms. The summed E-state index contributed by atoms with van der Waals surface area (Å²) >= 11 is 0. The fraction of sp³-hybridized carbons (Fsp3) is 0.400. The molecular formula is C20H28O4. The van der Waals surface area contributed by atoms with Crippen molar-refractivity contribution in [1.82, 2.24) is 0 Å². The van der Waals surface area contributed by atoms with Crippen LogP contribution in [0, 0.1) is 5.92 Å². The molecule has 0 aromatic heterocycles. The lowest BCUT2D eigenvalue weighted by Crippen LogP contribution is -2.16. The van der Waals surface area contributed by atoms with Crippen LogP contribution < -0.4 is 0 Å². The average Bonchev–Trinajstić information content (AvgIpc) is 2.55. The van der Waals surface area contributed by atoms with Crippen LogP contribution >= 0.6 is 0 Å². The van der Waals surface area contributed by atoms with Crippen LogP contribution in [0.5, 0.6) is 0 Å². The second kappa shape index (κ2) is 15.5. The van der Waals surface area contributed by atoms with Gasteiger partial charge in [-0.15, -0.1) is 0 Å². The van der Waals surface area contributed by atoms with Gasteiger partial charge in [0.2, 0.25) is 6.79 Å². The Bertz CT molecular complexity index is 494. The molecule has 0 N–H and O–H groups in total. The van der Waals surface area contributed by atoms with Crippen molar-refractivity contribution in [1.29, 1.82) is 0 Å². The minimum atomic E-state index is -0.384. The second-order valence-electron chi connectivity index (χ2n) is 5.21. The molecule has 0 amide bonds. The van der Waals surface area contributed by atoms with E-state index in [1.165, 1.54) is 0 Å². The molecule has 0 aliphatic heterocycles. The first-order valence-corrected chi connectivity index (χ1v) is 8.21. The fourth-order valence-electron chi connectivity index (χ4n) is 1.37. The van der Waals surface area contributed by atoms with Crippen molar-refractivity contribution in [2.75, 3.05) is 6.79 Å². The van der Waals surface area contributed by atoms with Crippen LogP contribution in [0.25, 0.3) is 0 Å². The van der Waals surface area contributed by atoms with Crippen molar-refractivity contribution < 1.29 is 19.1 Å². The van der Waals surface area contributed by atoms with Crippen LogP contribution in [-0.4, -0.2) is 18.7 Å². The normalized spacial score (nSPS) is 12.5. The van der Waals surface area contributed by atoms with E-state index in [4.69, 9.17) is 9.47 Å². The van der Waals surface area contributed by atoms with Gasteiger partial charge in [-0.1, -0.05) is 81.5 Å². The van der Waals surface area contributed by atoms with Crippen molar-refractivity contribution in [3.8, 4) is 0 Å². The Morgan fingerprint density at radius 3 is 1.92 bits per heavy atom. The van der Waals surface area contributed by atoms with Gasteiger partial charge < -0.3 is 9.47 Å². The molecular weight excluding hydrogens is 304 g/mol. The Labute approximate surface area is 145 Å². The number of ether oxygens (including phenoxy) is 2. The van der Waals surface area contributed by atoms with Crippen molar-refractivity contribution >= 4 is 11.9 Å². The third kappa shape index (κ3) is 14.6. The van der Waals surface area contributed by atoms with Gasteiger partial charge in [-0.2, -0.15) is 0 Å². The summed E-state index contributed by atoms with van der Waals surface area (Å²) in [5.74, 6) is -0.988. The zero-order valence-corrected chi connectivity index (χ0v) is 14.8. The first-order valence-electron chi connectivity index (χ1n) is 8.21. The summed E-state index contributed by atoms with van der Waals surface area (Å²) < 4.78 is 9.56. The summed E-state index contributed by atoms with van der Waals surface area (Å²) in [6, 6.07) is 0. The van der Waals surface area contributed by atoms with E-state index in [0.29, 0.717) is 6.42 Å². The van der Waals surface area contributed by atoms with Gasteiger partial charge in [-0.05, 0) is 12.8 Å². The van der Waals surface area contributed by atoms with E-state index in [0.717, 1.165) is 6.42 Å². The number of hydrogen-bond donors (Lipinski definition) is 0. The van der Waals surface area contributed by atoms with Crippen LogP contribution in [-0.2, 0) is 19.1 Å². The highest BCUT2D eigenvalue weighted by Crippen LogP contribution is 1.98. The number of rotatable bonds is 11. The first-order chi connectivity index (χ1) is 11.6. The van der Waals surface area contributed by atoms with Crippen LogP contribution in [0.15, 0.2) is 60.8 Å². The minimum Gasteiger partial charge on any atom is -0.428 e. The summed E-state index contributed by atoms with van der Waals surface area (Å²) in [7, 11) is 0. The summed E-state index contributed by atoms with van der Waals surface area (Å²) in [5, 5.41) is 0. The Morgan fingerprint density at radius 2 is 1.38 bits per heavy atom. The molecule has 0 aliphatic carbocycles. The van der Waals surface area contributed by atoms with Crippen molar-refractivity contribution in [2.24, 2.45) is 5.92 Å². The maximum atomic E-state index is 11.4. The molecule has 0 bridgehead atoms. The highest BCUT2D eigenvalue weighted by atomic mass is 16.7. The lowest BCUT2D eigenvalue weighted by molar-refractivity contribution is -0.169. The molecule has 0 fully saturated rings. The maximum absolute atomic E-state index is 11.4. The van der Waals surface area contributed by atoms with E-state index >= 15 is 0 Å². The molecule has 0 saturated carbocycles. The highest BCUT2D eigenvalue weighted by molar-refractivity contribution is 5.72. The first kappa shape index (κ1) is 21.6. The monoisotopic (exact) mass is 332 g/mol. The molecule has 0 radical (unpaired) electrons. The molecule has 132 valence electrons. The standard InChI is InChI=1S/C20H28O4/c1-4-5-6-7-8-9-10-11-12-13-14-15-16-19(21)23-17-24-20(22)18(2)3/h5-14,18H,4,15-17H2,1-3H3/b6-5+,8-7+,10-9+,12-11+,14-13?. The Morgan fingerprint density at radius 1 is 0.833 bits per heavy atom. The van der Waals surface area contributed by atoms with Gasteiger partial charge in [0.05, 0.1) is 5.92 Å². The zero-order chi connectivity index (χ0) is 18.0. The Hall–Kier alpha value is -2.36. The van der Waals surface area contributed by atoms with Crippen LogP contribution in [0.2, 0.25) is 0 Å². The predicted octanol–water partition coefficient (Wildman–Crippen LogP) is 4.66. The Balaban J connectivity index is 3.73. The number of carbonyl (C=O) groups excluding carboxylic acids is 2. The number of carbonyl (C=O) groups is 2. The molecule has 24 heavy (non-hydrogen) atoms. The lowest BCUT2D eigenvalue weighted by atomic mass is 10.2. The van der Waals surface area contributed by atoms with E-state index in [1.807, 2.05) is 54.7 Å². The smallest absolute Gasteiger partial charge is 0.311 e. The maximum Gasteiger partial charge on any atom is 0.311 e. The second-order valence-corrected chi connectivity index (χ2v) is 5.21. The third-order valence-electron chi connectivity index (χ3n) is 2.69. The number of allylic oxidation sites excluding steroid dienone is 10. The molecule has 0 rings (SSSR count). The third-order valence-corrected chi connectivity index (χ3v) is 2.69. The van der Waals surface area contributed by atoms with Gasteiger partial charge in [0.1, 0.15) is 0 Å². The van der Waals surface area contributed by atoms with Crippen LogP contribution in [0.4, 0.5) is 0 Å². The van der Waals surface area contributed by atoms with Crippen LogP contribution in [0.3, 0.4) is 0 Å². The summed E-state index contributed by atoms with van der Waals surface area (Å²) in [6.45, 7) is 5.22. The van der Waals surface area contributed by atoms with E-state index in [1.54, 1.807) is 13.8 Å². The van der Waals surface area contributed by atoms with Crippen molar-refractivity contribution in [3.05, 3.63) is 60.8 Å². The molecule has 4 heteroatoms. The molecule has 0 unspecified atom stereocenters. The zero-order valence-electron chi connectivity index (χ0n) is 14.8. The van der Waals surface area contributed by atoms with Gasteiger partial charge in [-0.25, -0.2) is 0 Å². The molecule has 0 aromatic carbocycles. The van der Waals surface area contributed by atoms with Gasteiger partial charge in [-0.3, -0.25) is 9.59 Å². The number of hydrogen-bond acceptors (Lipinski definition) is 4. The van der Waals surface area contributed by atoms with Gasteiger partial charge in [0.15, 0.2) is 0 Å². The topological polar surface area (TPSA) is 52.6 Å². The lowest BCUT2D eigenvalue weighted by Gasteiger charge is -2.07. The highest BCUT2D eigenvalue weighted by Gasteiger charge is 2.09. The van der Waals surface area contributed by atoms with E-state index < -0.39 is 0 Å². The van der Waals surface area contributed by atoms with Crippen molar-refractivity contribution in [2.45, 2.75) is 40.0 Å². The average molecular weight is 332 g/mol. The minimum absolute atomic E-state index is 0.226. The van der Waals surface area contributed by atoms with Crippen LogP contribution in [0.1, 0.15) is 40.0 Å². The summed E-state index contributed by atoms with van der Waals surface area (Å²) in [4.78, 5) is 22.5. The van der Waals surface area contributed by atoms with Gasteiger partial charge in [0.25, 0.3) is 0 Å². The summed E-state index contributed by atoms with van der Waals surface area (Å²) in [5.41, 5.74) is 0. The Kier molecular flexibility index (Phi) is 14.0. The molecule has 4 nitrogen and oxygen atoms in total. The SMILES string of the molecule is CC/C=C/C=C/C=C/C=C/C=CCCC(=O)OCOC(=O)C(C)C. The molecule has 0 saturated heterocycles. The predicted molar refractivity (Wildman–Crippen MR) is 97.1 cm³/mol. The van der Waals surface area contributed by atoms with E-state index in [-0.39, 0.29) is 31.1 Å². The molecule has 0 heterocycles. The van der Waals surface area contributed by atoms with Gasteiger partial charge >= 0.3 is 11.9 Å². The fourth-order valence-corrected chi connectivity index (χ4v) is 1.37. The quantitative estimate of drug-likeness (QED) is 0.314. The largest absolute Gasteiger partial charge is 0.428 e. The van der Waals surface area contributed by atoms with E-state index in [9.17, 15) is 9.59 Å². The van der Waals surface area contributed by atoms with E-state index in [2.05, 4.69) is 13.0 Å².